The molecule has 0 atom stereocenters. The van der Waals surface area contributed by atoms with Crippen LogP contribution in [0.2, 0.25) is 0 Å². The molecule has 3 rings (SSSR count). The molecule has 0 aliphatic rings. The van der Waals surface area contributed by atoms with E-state index in [4.69, 9.17) is 23.7 Å². The van der Waals surface area contributed by atoms with E-state index < -0.39 is 18.0 Å². The van der Waals surface area contributed by atoms with E-state index in [-0.39, 0.29) is 40.7 Å². The van der Waals surface area contributed by atoms with Gasteiger partial charge in [-0.25, -0.2) is 0 Å². The summed E-state index contributed by atoms with van der Waals surface area (Å²) in [6.07, 6.45) is -0.489. The Bertz CT molecular complexity index is 1170. The predicted octanol–water partition coefficient (Wildman–Crippen LogP) is 4.46. The Hall–Kier alpha value is -4.20. The minimum Gasteiger partial charge on any atom is -0.504 e. The van der Waals surface area contributed by atoms with Crippen LogP contribution in [0.4, 0.5) is 0 Å². The van der Waals surface area contributed by atoms with Crippen LogP contribution < -0.4 is 23.7 Å². The predicted molar refractivity (Wildman–Crippen MR) is 125 cm³/mol. The number of ether oxygens (including phenoxy) is 5. The first kappa shape index (κ1) is 24.4. The lowest BCUT2D eigenvalue weighted by molar-refractivity contribution is 0.0892. The van der Waals surface area contributed by atoms with Gasteiger partial charge in [-0.3, -0.25) is 9.59 Å². The number of carbonyl (C=O) groups excluding carboxylic acids is 2. The Morgan fingerprint density at radius 1 is 0.735 bits per heavy atom. The maximum Gasteiger partial charge on any atom is 0.203 e. The largest absolute Gasteiger partial charge is 0.504 e. The maximum absolute atomic E-state index is 13.0. The van der Waals surface area contributed by atoms with Gasteiger partial charge in [0.25, 0.3) is 0 Å². The molecule has 0 heterocycles. The van der Waals surface area contributed by atoms with Gasteiger partial charge in [0.05, 0.1) is 40.4 Å². The zero-order valence-corrected chi connectivity index (χ0v) is 19.4. The summed E-state index contributed by atoms with van der Waals surface area (Å²) in [5.41, 5.74) is 1.08. The quantitative estimate of drug-likeness (QED) is 0.327. The Labute approximate surface area is 197 Å². The van der Waals surface area contributed by atoms with Gasteiger partial charge in [-0.05, 0) is 29.8 Å². The van der Waals surface area contributed by atoms with Gasteiger partial charge in [0, 0.05) is 5.56 Å². The Kier molecular flexibility index (Phi) is 7.97. The smallest absolute Gasteiger partial charge is 0.203 e. The molecule has 8 heteroatoms. The summed E-state index contributed by atoms with van der Waals surface area (Å²) in [5, 5.41) is 10.4. The van der Waals surface area contributed by atoms with Gasteiger partial charge in [-0.15, -0.1) is 0 Å². The van der Waals surface area contributed by atoms with E-state index in [0.717, 1.165) is 5.56 Å². The average molecular weight is 466 g/mol. The molecule has 8 nitrogen and oxygen atoms in total. The molecule has 0 fully saturated rings. The first-order valence-corrected chi connectivity index (χ1v) is 10.4. The number of methoxy groups -OCH3 is 4. The maximum atomic E-state index is 13.0. The molecule has 0 aliphatic heterocycles. The molecule has 0 aliphatic carbocycles. The molecule has 0 unspecified atom stereocenters. The summed E-state index contributed by atoms with van der Waals surface area (Å²) >= 11 is 0. The van der Waals surface area contributed by atoms with E-state index in [9.17, 15) is 14.7 Å². The molecule has 0 saturated heterocycles. The molecule has 0 bridgehead atoms. The fraction of sp³-hybridized carbons (Fsp3) is 0.231. The third kappa shape index (κ3) is 5.23. The summed E-state index contributed by atoms with van der Waals surface area (Å²) in [5.74, 6) is -0.243. The van der Waals surface area contributed by atoms with Crippen molar-refractivity contribution in [1.29, 1.82) is 0 Å². The second-order valence-electron chi connectivity index (χ2n) is 7.20. The number of carbonyl (C=O) groups is 2. The van der Waals surface area contributed by atoms with Crippen molar-refractivity contribution in [1.82, 2.24) is 0 Å². The minimum absolute atomic E-state index is 0.0171. The molecule has 0 aromatic heterocycles. The van der Waals surface area contributed by atoms with Crippen LogP contribution in [0.5, 0.6) is 34.5 Å². The van der Waals surface area contributed by atoms with Crippen LogP contribution in [0, 0.1) is 0 Å². The number of rotatable bonds is 11. The lowest BCUT2D eigenvalue weighted by Gasteiger charge is -2.16. The van der Waals surface area contributed by atoms with Gasteiger partial charge in [0.2, 0.25) is 11.5 Å². The van der Waals surface area contributed by atoms with Gasteiger partial charge >= 0.3 is 0 Å². The van der Waals surface area contributed by atoms with Crippen molar-refractivity contribution in [3.05, 3.63) is 71.3 Å². The standard InChI is InChI=1S/C26H26O8/c1-30-21-11-10-18(24(29)26(21)33-4)20(28)14-19(27)17-12-22(31-2)25(32-3)23(13-17)34-15-16-8-6-5-7-9-16/h5-13,29H,14-15H2,1-4H3. The normalized spacial score (nSPS) is 10.4. The molecule has 178 valence electrons. The number of ketones is 2. The lowest BCUT2D eigenvalue weighted by Crippen LogP contribution is -2.10. The summed E-state index contributed by atoms with van der Waals surface area (Å²) in [6, 6.07) is 15.4. The highest BCUT2D eigenvalue weighted by molar-refractivity contribution is 6.15. The third-order valence-electron chi connectivity index (χ3n) is 5.14. The fourth-order valence-corrected chi connectivity index (χ4v) is 3.41. The number of phenolic OH excluding ortho intramolecular Hbond substituents is 1. The molecule has 0 saturated carbocycles. The van der Waals surface area contributed by atoms with Crippen LogP contribution in [0.15, 0.2) is 54.6 Å². The number of aromatic hydroxyl groups is 1. The summed E-state index contributed by atoms with van der Waals surface area (Å²) in [6.45, 7) is 0.246. The molecule has 34 heavy (non-hydrogen) atoms. The minimum atomic E-state index is -0.579. The van der Waals surface area contributed by atoms with Gasteiger partial charge < -0.3 is 28.8 Å². The van der Waals surface area contributed by atoms with E-state index in [2.05, 4.69) is 0 Å². The van der Waals surface area contributed by atoms with Gasteiger partial charge in [0.15, 0.2) is 34.6 Å². The van der Waals surface area contributed by atoms with E-state index in [1.807, 2.05) is 30.3 Å². The van der Waals surface area contributed by atoms with Crippen molar-refractivity contribution in [2.24, 2.45) is 0 Å². The number of hydrogen-bond donors (Lipinski definition) is 1. The summed E-state index contributed by atoms with van der Waals surface area (Å²) < 4.78 is 26.9. The van der Waals surface area contributed by atoms with Crippen LogP contribution in [0.25, 0.3) is 0 Å². The summed E-state index contributed by atoms with van der Waals surface area (Å²) in [7, 11) is 5.67. The second-order valence-corrected chi connectivity index (χ2v) is 7.20. The molecule has 3 aromatic carbocycles. The molecular weight excluding hydrogens is 440 g/mol. The number of benzene rings is 3. The molecule has 0 spiro atoms. The topological polar surface area (TPSA) is 101 Å². The first-order chi connectivity index (χ1) is 16.4. The van der Waals surface area contributed by atoms with Crippen molar-refractivity contribution >= 4 is 11.6 Å². The number of phenols is 1. The first-order valence-electron chi connectivity index (χ1n) is 10.4. The SMILES string of the molecule is COc1cc(C(=O)CC(=O)c2ccc(OC)c(OC)c2O)cc(OCc2ccccc2)c1OC. The van der Waals surface area contributed by atoms with E-state index in [0.29, 0.717) is 11.5 Å². The Balaban J connectivity index is 1.87. The van der Waals surface area contributed by atoms with Gasteiger partial charge in [-0.1, -0.05) is 30.3 Å². The fourth-order valence-electron chi connectivity index (χ4n) is 3.41. The third-order valence-corrected chi connectivity index (χ3v) is 5.14. The van der Waals surface area contributed by atoms with Crippen LogP contribution in [0.1, 0.15) is 32.7 Å². The lowest BCUT2D eigenvalue weighted by atomic mass is 9.99. The van der Waals surface area contributed by atoms with Crippen molar-refractivity contribution in [3.8, 4) is 34.5 Å². The average Bonchev–Trinajstić information content (AvgIpc) is 2.86. The number of hydrogen-bond acceptors (Lipinski definition) is 8. The highest BCUT2D eigenvalue weighted by Crippen LogP contribution is 2.41. The molecule has 0 amide bonds. The zero-order valence-electron chi connectivity index (χ0n) is 19.4. The summed E-state index contributed by atoms with van der Waals surface area (Å²) in [4.78, 5) is 25.8. The van der Waals surface area contributed by atoms with Crippen molar-refractivity contribution in [2.45, 2.75) is 13.0 Å². The molecule has 0 radical (unpaired) electrons. The van der Waals surface area contributed by atoms with Gasteiger partial charge in [-0.2, -0.15) is 0 Å². The van der Waals surface area contributed by atoms with Crippen LogP contribution in [-0.4, -0.2) is 45.1 Å². The van der Waals surface area contributed by atoms with E-state index in [1.165, 1.54) is 52.7 Å². The number of Topliss-reactive ketones (excluding diaryl/α,β-unsaturated/α-hetero) is 2. The Morgan fingerprint density at radius 3 is 2.00 bits per heavy atom. The highest BCUT2D eigenvalue weighted by atomic mass is 16.5. The molecular formula is C26H26O8. The van der Waals surface area contributed by atoms with Crippen molar-refractivity contribution in [2.75, 3.05) is 28.4 Å². The van der Waals surface area contributed by atoms with Crippen molar-refractivity contribution in [3.63, 3.8) is 0 Å². The zero-order chi connectivity index (χ0) is 24.7. The van der Waals surface area contributed by atoms with E-state index >= 15 is 0 Å². The van der Waals surface area contributed by atoms with Crippen molar-refractivity contribution < 1.29 is 38.4 Å². The van der Waals surface area contributed by atoms with Crippen LogP contribution >= 0.6 is 0 Å². The van der Waals surface area contributed by atoms with Crippen LogP contribution in [0.3, 0.4) is 0 Å². The molecule has 3 aromatic rings. The highest BCUT2D eigenvalue weighted by Gasteiger charge is 2.23. The second kappa shape index (κ2) is 11.1. The van der Waals surface area contributed by atoms with E-state index in [1.54, 1.807) is 0 Å². The Morgan fingerprint density at radius 2 is 1.38 bits per heavy atom. The monoisotopic (exact) mass is 466 g/mol. The van der Waals surface area contributed by atoms with Gasteiger partial charge in [0.1, 0.15) is 6.61 Å². The van der Waals surface area contributed by atoms with Crippen LogP contribution in [-0.2, 0) is 6.61 Å². The molecule has 1 N–H and O–H groups in total.